The Morgan fingerprint density at radius 1 is 1.27 bits per heavy atom. The molecule has 0 saturated heterocycles. The van der Waals surface area contributed by atoms with E-state index in [4.69, 9.17) is 0 Å². The number of aliphatic imine (C=N–C) groups is 1. The third-order valence-electron chi connectivity index (χ3n) is 4.91. The Morgan fingerprint density at radius 3 is 2.45 bits per heavy atom. The van der Waals surface area contributed by atoms with Crippen LogP contribution in [-0.4, -0.2) is 18.5 Å². The van der Waals surface area contributed by atoms with E-state index in [1.165, 1.54) is 18.2 Å². The van der Waals surface area contributed by atoms with Crippen LogP contribution >= 0.6 is 0 Å². The maximum atomic E-state index is 12.5. The quantitative estimate of drug-likeness (QED) is 0.271. The van der Waals surface area contributed by atoms with Gasteiger partial charge < -0.3 is 15.0 Å². The maximum absolute atomic E-state index is 12.5. The van der Waals surface area contributed by atoms with Crippen LogP contribution in [0.4, 0.5) is 18.9 Å². The molecular weight excluding hydrogens is 456 g/mol. The summed E-state index contributed by atoms with van der Waals surface area (Å²) in [5, 5.41) is 2.73. The summed E-state index contributed by atoms with van der Waals surface area (Å²) in [6, 6.07) is 7.47. The zero-order chi connectivity index (χ0) is 23.9. The van der Waals surface area contributed by atoms with E-state index < -0.39 is 6.36 Å². The van der Waals surface area contributed by atoms with Gasteiger partial charge in [-0.25, -0.2) is 0 Å². The number of carbonyl (C=O) groups excluding carboxylic acids is 1. The van der Waals surface area contributed by atoms with Gasteiger partial charge in [0.15, 0.2) is 0 Å². The monoisotopic (exact) mass is 482 g/mol. The van der Waals surface area contributed by atoms with E-state index in [0.717, 1.165) is 28.7 Å². The average Bonchev–Trinajstić information content (AvgIpc) is 2.74. The molecule has 8 heteroatoms. The Labute approximate surface area is 235 Å². The molecule has 170 valence electrons. The van der Waals surface area contributed by atoms with Gasteiger partial charge in [0.25, 0.3) is 0 Å². The van der Waals surface area contributed by atoms with Crippen LogP contribution in [0.15, 0.2) is 59.6 Å². The molecule has 1 amide bonds. The van der Waals surface area contributed by atoms with E-state index in [1.807, 2.05) is 32.9 Å². The number of benzene rings is 2. The number of alkyl halides is 3. The standard InChI is InChI=1S/C25H26F3N2O2.K/c1-6-16(3)12-13-29-24-17(4)20(15-30-23(31)7-2)14-22(18(24)5)19-8-10-21(11-9-19)32-25(26,27)28;/h7-14H,2,4,6,15H2,1,3,5H3,(H,30,31);/q-1;+1. The molecule has 0 bridgehead atoms. The van der Waals surface area contributed by atoms with Crippen LogP contribution in [0.25, 0.3) is 11.1 Å². The number of carbonyl (C=O) groups is 1. The van der Waals surface area contributed by atoms with Gasteiger partial charge in [-0.15, -0.1) is 24.8 Å². The molecule has 0 aromatic heterocycles. The number of nitrogens with one attached hydrogen (secondary N) is 1. The van der Waals surface area contributed by atoms with Crippen LogP contribution in [0.2, 0.25) is 0 Å². The number of amides is 1. The van der Waals surface area contributed by atoms with E-state index in [0.29, 0.717) is 16.8 Å². The summed E-state index contributed by atoms with van der Waals surface area (Å²) in [7, 11) is 0. The summed E-state index contributed by atoms with van der Waals surface area (Å²) in [4.78, 5) is 16.2. The average molecular weight is 483 g/mol. The molecule has 0 saturated carbocycles. The fourth-order valence-corrected chi connectivity index (χ4v) is 2.96. The Kier molecular flexibility index (Phi) is 11.6. The van der Waals surface area contributed by atoms with E-state index in [1.54, 1.807) is 18.3 Å². The first-order valence-electron chi connectivity index (χ1n) is 10.0. The zero-order valence-corrected chi connectivity index (χ0v) is 22.5. The summed E-state index contributed by atoms with van der Waals surface area (Å²) < 4.78 is 41.4. The number of allylic oxidation sites excluding steroid dienone is 2. The summed E-state index contributed by atoms with van der Waals surface area (Å²) in [6.07, 6.45) is 0.928. The minimum Gasteiger partial charge on any atom is -0.406 e. The Morgan fingerprint density at radius 2 is 1.91 bits per heavy atom. The van der Waals surface area contributed by atoms with Gasteiger partial charge in [0, 0.05) is 6.21 Å². The fourth-order valence-electron chi connectivity index (χ4n) is 2.96. The van der Waals surface area contributed by atoms with Crippen LogP contribution < -0.4 is 61.4 Å². The van der Waals surface area contributed by atoms with Gasteiger partial charge in [0.05, 0.1) is 0 Å². The Hall–Kier alpha value is -1.84. The smallest absolute Gasteiger partial charge is 0.406 e. The summed E-state index contributed by atoms with van der Waals surface area (Å²) in [6.45, 7) is 13.7. The molecule has 0 aliphatic rings. The number of ether oxygens (including phenoxy) is 1. The molecule has 2 aromatic rings. The molecule has 0 heterocycles. The molecule has 1 N–H and O–H groups in total. The van der Waals surface area contributed by atoms with Gasteiger partial charge in [-0.2, -0.15) is 12.5 Å². The van der Waals surface area contributed by atoms with Crippen LogP contribution in [0, 0.1) is 13.8 Å². The van der Waals surface area contributed by atoms with Crippen molar-refractivity contribution in [2.24, 2.45) is 4.99 Å². The number of hydrogen-bond acceptors (Lipinski definition) is 3. The molecule has 0 fully saturated rings. The Bertz CT molecular complexity index is 1040. The maximum Gasteiger partial charge on any atom is 1.00 e. The first-order chi connectivity index (χ1) is 15.1. The van der Waals surface area contributed by atoms with Crippen molar-refractivity contribution in [1.82, 2.24) is 5.32 Å². The molecule has 0 aliphatic heterocycles. The second kappa shape index (κ2) is 13.1. The van der Waals surface area contributed by atoms with Crippen molar-refractivity contribution in [2.45, 2.75) is 40.1 Å². The predicted molar refractivity (Wildman–Crippen MR) is 122 cm³/mol. The van der Waals surface area contributed by atoms with Crippen molar-refractivity contribution in [3.8, 4) is 16.9 Å². The minimum atomic E-state index is -4.75. The fraction of sp³-hybridized carbons (Fsp3) is 0.240. The second-order valence-corrected chi connectivity index (χ2v) is 7.17. The van der Waals surface area contributed by atoms with Crippen molar-refractivity contribution in [3.63, 3.8) is 0 Å². The number of nitrogens with zero attached hydrogens (tertiary/aromatic N) is 1. The summed E-state index contributed by atoms with van der Waals surface area (Å²) in [5.41, 5.74) is 5.46. The summed E-state index contributed by atoms with van der Waals surface area (Å²) in [5.74, 6) is -0.628. The molecule has 0 radical (unpaired) electrons. The third-order valence-corrected chi connectivity index (χ3v) is 4.91. The largest absolute Gasteiger partial charge is 1.00 e. The molecule has 2 rings (SSSR count). The van der Waals surface area contributed by atoms with E-state index >= 15 is 0 Å². The van der Waals surface area contributed by atoms with Crippen LogP contribution in [0.5, 0.6) is 5.75 Å². The van der Waals surface area contributed by atoms with E-state index in [9.17, 15) is 18.0 Å². The minimum absolute atomic E-state index is 0. The molecule has 0 aliphatic carbocycles. The first-order valence-corrected chi connectivity index (χ1v) is 10.0. The zero-order valence-electron chi connectivity index (χ0n) is 19.3. The van der Waals surface area contributed by atoms with Crippen molar-refractivity contribution >= 4 is 17.8 Å². The molecule has 0 atom stereocenters. The van der Waals surface area contributed by atoms with Crippen molar-refractivity contribution < 1.29 is 74.1 Å². The second-order valence-electron chi connectivity index (χ2n) is 7.17. The number of hydrogen-bond donors (Lipinski definition) is 1. The van der Waals surface area contributed by atoms with Gasteiger partial charge in [-0.3, -0.25) is 4.79 Å². The molecule has 2 aromatic carbocycles. The third kappa shape index (κ3) is 8.79. The normalized spacial score (nSPS) is 11.8. The summed E-state index contributed by atoms with van der Waals surface area (Å²) >= 11 is 0. The first kappa shape index (κ1) is 29.2. The molecule has 33 heavy (non-hydrogen) atoms. The van der Waals surface area contributed by atoms with Gasteiger partial charge in [0.1, 0.15) is 5.75 Å². The van der Waals surface area contributed by atoms with Gasteiger partial charge in [-0.05, 0) is 67.9 Å². The van der Waals surface area contributed by atoms with Crippen molar-refractivity contribution in [1.29, 1.82) is 0 Å². The Balaban J connectivity index is 0.00000544. The predicted octanol–water partition coefficient (Wildman–Crippen LogP) is 3.61. The van der Waals surface area contributed by atoms with Crippen LogP contribution in [0.1, 0.15) is 37.0 Å². The molecule has 0 unspecified atom stereocenters. The van der Waals surface area contributed by atoms with Crippen LogP contribution in [-0.2, 0) is 11.3 Å². The molecule has 0 spiro atoms. The molecular formula is C25H26F3KN2O2. The number of rotatable bonds is 8. The van der Waals surface area contributed by atoms with Gasteiger partial charge in [-0.1, -0.05) is 36.8 Å². The van der Waals surface area contributed by atoms with Crippen molar-refractivity contribution in [3.05, 3.63) is 78.3 Å². The topological polar surface area (TPSA) is 50.7 Å². The van der Waals surface area contributed by atoms with Gasteiger partial charge >= 0.3 is 57.7 Å². The van der Waals surface area contributed by atoms with Crippen LogP contribution in [0.3, 0.4) is 0 Å². The van der Waals surface area contributed by atoms with Gasteiger partial charge in [0.2, 0.25) is 5.91 Å². The van der Waals surface area contributed by atoms with E-state index in [2.05, 4.69) is 28.5 Å². The number of halogens is 3. The van der Waals surface area contributed by atoms with E-state index in [-0.39, 0.29) is 69.6 Å². The van der Waals surface area contributed by atoms with Crippen molar-refractivity contribution in [2.75, 3.05) is 0 Å². The molecule has 4 nitrogen and oxygen atoms in total. The SMILES string of the molecule is C=CC(=O)NCc1cc(-c2ccc(OC(F)(F)F)cc2)c(C)c(N=CC=C(C)CC)c1[CH2-].[K+].